The first-order valence-electron chi connectivity index (χ1n) is 8.01. The van der Waals surface area contributed by atoms with E-state index in [1.165, 1.54) is 7.11 Å². The van der Waals surface area contributed by atoms with Crippen molar-refractivity contribution >= 4 is 33.5 Å². The zero-order valence-electron chi connectivity index (χ0n) is 13.9. The van der Waals surface area contributed by atoms with Gasteiger partial charge in [0, 0.05) is 16.7 Å². The van der Waals surface area contributed by atoms with Crippen LogP contribution in [-0.2, 0) is 27.3 Å². The van der Waals surface area contributed by atoms with Gasteiger partial charge in [-0.05, 0) is 41.8 Å². The van der Waals surface area contributed by atoms with Gasteiger partial charge in [-0.1, -0.05) is 40.2 Å². The molecule has 1 atom stereocenters. The third kappa shape index (κ3) is 4.27. The molecule has 25 heavy (non-hydrogen) atoms. The van der Waals surface area contributed by atoms with E-state index in [9.17, 15) is 9.59 Å². The predicted octanol–water partition coefficient (Wildman–Crippen LogP) is 2.99. The Kier molecular flexibility index (Phi) is 5.50. The number of nitrogens with one attached hydrogen (secondary N) is 1. The number of esters is 1. The SMILES string of the molecule is COC(=O)[C@@H]1Cc2ccccc2CN1CC(=O)Nc1ccc(Br)cc1. The van der Waals surface area contributed by atoms with Crippen molar-refractivity contribution in [1.82, 2.24) is 4.90 Å². The van der Waals surface area contributed by atoms with Crippen molar-refractivity contribution in [2.75, 3.05) is 19.0 Å². The van der Waals surface area contributed by atoms with E-state index >= 15 is 0 Å². The Morgan fingerprint density at radius 1 is 1.16 bits per heavy atom. The number of carbonyl (C=O) groups is 2. The second kappa shape index (κ2) is 7.80. The fraction of sp³-hybridized carbons (Fsp3) is 0.263. The van der Waals surface area contributed by atoms with Gasteiger partial charge in [-0.15, -0.1) is 0 Å². The largest absolute Gasteiger partial charge is 0.468 e. The van der Waals surface area contributed by atoms with E-state index in [1.54, 1.807) is 0 Å². The summed E-state index contributed by atoms with van der Waals surface area (Å²) in [6, 6.07) is 14.9. The van der Waals surface area contributed by atoms with E-state index in [1.807, 2.05) is 53.4 Å². The Hall–Kier alpha value is -2.18. The number of methoxy groups -OCH3 is 1. The molecule has 0 aromatic heterocycles. The van der Waals surface area contributed by atoms with Gasteiger partial charge in [0.2, 0.25) is 5.91 Å². The molecule has 1 aliphatic heterocycles. The average molecular weight is 403 g/mol. The Bertz CT molecular complexity index is 776. The zero-order valence-corrected chi connectivity index (χ0v) is 15.5. The quantitative estimate of drug-likeness (QED) is 0.798. The summed E-state index contributed by atoms with van der Waals surface area (Å²) in [7, 11) is 1.38. The summed E-state index contributed by atoms with van der Waals surface area (Å²) >= 11 is 3.37. The van der Waals surface area contributed by atoms with Crippen LogP contribution in [0.1, 0.15) is 11.1 Å². The van der Waals surface area contributed by atoms with Gasteiger partial charge in [-0.2, -0.15) is 0 Å². The van der Waals surface area contributed by atoms with Crippen molar-refractivity contribution in [2.45, 2.75) is 19.0 Å². The molecule has 0 fully saturated rings. The maximum absolute atomic E-state index is 12.4. The summed E-state index contributed by atoms with van der Waals surface area (Å²) in [6.45, 7) is 0.674. The van der Waals surface area contributed by atoms with Crippen LogP contribution in [0.2, 0.25) is 0 Å². The molecule has 2 aromatic carbocycles. The number of hydrogen-bond donors (Lipinski definition) is 1. The molecular weight excluding hydrogens is 384 g/mol. The van der Waals surface area contributed by atoms with Crippen LogP contribution in [0.5, 0.6) is 0 Å². The van der Waals surface area contributed by atoms with Gasteiger partial charge in [-0.3, -0.25) is 14.5 Å². The van der Waals surface area contributed by atoms with Gasteiger partial charge in [-0.25, -0.2) is 0 Å². The Morgan fingerprint density at radius 3 is 2.52 bits per heavy atom. The van der Waals surface area contributed by atoms with E-state index in [-0.39, 0.29) is 18.4 Å². The van der Waals surface area contributed by atoms with Crippen molar-refractivity contribution in [2.24, 2.45) is 0 Å². The van der Waals surface area contributed by atoms with Gasteiger partial charge < -0.3 is 10.1 Å². The van der Waals surface area contributed by atoms with Crippen LogP contribution in [0.15, 0.2) is 53.0 Å². The van der Waals surface area contributed by atoms with E-state index in [0.717, 1.165) is 21.3 Å². The molecule has 0 bridgehead atoms. The number of anilines is 1. The number of amides is 1. The maximum Gasteiger partial charge on any atom is 0.323 e. The molecule has 3 rings (SSSR count). The maximum atomic E-state index is 12.4. The highest BCUT2D eigenvalue weighted by molar-refractivity contribution is 9.10. The number of nitrogens with zero attached hydrogens (tertiary/aromatic N) is 1. The Labute approximate surface area is 155 Å². The van der Waals surface area contributed by atoms with E-state index in [0.29, 0.717) is 13.0 Å². The first-order chi connectivity index (χ1) is 12.1. The van der Waals surface area contributed by atoms with Crippen LogP contribution in [0, 0.1) is 0 Å². The summed E-state index contributed by atoms with van der Waals surface area (Å²) in [4.78, 5) is 26.4. The van der Waals surface area contributed by atoms with Crippen LogP contribution in [-0.4, -0.2) is 36.5 Å². The van der Waals surface area contributed by atoms with E-state index in [2.05, 4.69) is 21.2 Å². The normalized spacial score (nSPS) is 16.8. The predicted molar refractivity (Wildman–Crippen MR) is 99.1 cm³/mol. The van der Waals surface area contributed by atoms with Gasteiger partial charge in [0.25, 0.3) is 0 Å². The van der Waals surface area contributed by atoms with Crippen LogP contribution < -0.4 is 5.32 Å². The summed E-state index contributed by atoms with van der Waals surface area (Å²) < 4.78 is 5.88. The van der Waals surface area contributed by atoms with Gasteiger partial charge in [0.1, 0.15) is 6.04 Å². The third-order valence-corrected chi connectivity index (χ3v) is 4.82. The molecule has 2 aromatic rings. The molecule has 0 spiro atoms. The second-order valence-corrected chi connectivity index (χ2v) is 6.89. The fourth-order valence-corrected chi connectivity index (χ4v) is 3.29. The molecule has 0 saturated carbocycles. The summed E-state index contributed by atoms with van der Waals surface area (Å²) in [5, 5.41) is 2.86. The van der Waals surface area contributed by atoms with Crippen molar-refractivity contribution in [3.8, 4) is 0 Å². The second-order valence-electron chi connectivity index (χ2n) is 5.97. The van der Waals surface area contributed by atoms with Crippen LogP contribution in [0.4, 0.5) is 5.69 Å². The molecule has 5 nitrogen and oxygen atoms in total. The summed E-state index contributed by atoms with van der Waals surface area (Å²) in [5.74, 6) is -0.471. The number of fused-ring (bicyclic) bond motifs is 1. The minimum absolute atomic E-state index is 0.129. The van der Waals surface area contributed by atoms with Crippen molar-refractivity contribution in [1.29, 1.82) is 0 Å². The average Bonchev–Trinajstić information content (AvgIpc) is 2.62. The lowest BCUT2D eigenvalue weighted by atomic mass is 9.94. The first-order valence-corrected chi connectivity index (χ1v) is 8.80. The summed E-state index contributed by atoms with van der Waals surface area (Å²) in [5.41, 5.74) is 2.99. The topological polar surface area (TPSA) is 58.6 Å². The highest BCUT2D eigenvalue weighted by Gasteiger charge is 2.33. The van der Waals surface area contributed by atoms with E-state index < -0.39 is 6.04 Å². The lowest BCUT2D eigenvalue weighted by Gasteiger charge is -2.34. The monoisotopic (exact) mass is 402 g/mol. The third-order valence-electron chi connectivity index (χ3n) is 4.29. The minimum atomic E-state index is -0.449. The molecule has 0 radical (unpaired) electrons. The molecule has 1 aliphatic rings. The molecular formula is C19H19BrN2O3. The molecule has 0 unspecified atom stereocenters. The number of benzene rings is 2. The molecule has 1 heterocycles. The number of halogens is 1. The van der Waals surface area contributed by atoms with Gasteiger partial charge in [0.15, 0.2) is 0 Å². The van der Waals surface area contributed by atoms with Crippen LogP contribution in [0.25, 0.3) is 0 Å². The minimum Gasteiger partial charge on any atom is -0.468 e. The molecule has 6 heteroatoms. The highest BCUT2D eigenvalue weighted by atomic mass is 79.9. The zero-order chi connectivity index (χ0) is 17.8. The van der Waals surface area contributed by atoms with Crippen LogP contribution >= 0.6 is 15.9 Å². The Balaban J connectivity index is 1.73. The molecule has 0 saturated heterocycles. The van der Waals surface area contributed by atoms with E-state index in [4.69, 9.17) is 4.74 Å². The molecule has 1 amide bonds. The number of carbonyl (C=O) groups excluding carboxylic acids is 2. The smallest absolute Gasteiger partial charge is 0.323 e. The highest BCUT2D eigenvalue weighted by Crippen LogP contribution is 2.24. The fourth-order valence-electron chi connectivity index (χ4n) is 3.03. The van der Waals surface area contributed by atoms with Crippen molar-refractivity contribution in [3.63, 3.8) is 0 Å². The molecule has 1 N–H and O–H groups in total. The van der Waals surface area contributed by atoms with Crippen molar-refractivity contribution < 1.29 is 14.3 Å². The first kappa shape index (κ1) is 17.6. The van der Waals surface area contributed by atoms with Crippen LogP contribution in [0.3, 0.4) is 0 Å². The summed E-state index contributed by atoms with van der Waals surface area (Å²) in [6.07, 6.45) is 0.550. The lowest BCUT2D eigenvalue weighted by Crippen LogP contribution is -2.49. The number of hydrogen-bond acceptors (Lipinski definition) is 4. The van der Waals surface area contributed by atoms with Crippen molar-refractivity contribution in [3.05, 3.63) is 64.1 Å². The number of ether oxygens (including phenoxy) is 1. The molecule has 0 aliphatic carbocycles. The molecule has 130 valence electrons. The standard InChI is InChI=1S/C19H19BrN2O3/c1-25-19(24)17-10-13-4-2-3-5-14(13)11-22(17)12-18(23)21-16-8-6-15(20)7-9-16/h2-9,17H,10-12H2,1H3,(H,21,23)/t17-/m0/s1. The lowest BCUT2D eigenvalue weighted by molar-refractivity contribution is -0.148. The number of rotatable bonds is 4. The van der Waals surface area contributed by atoms with Gasteiger partial charge in [0.05, 0.1) is 13.7 Å². The van der Waals surface area contributed by atoms with Gasteiger partial charge >= 0.3 is 5.97 Å². The Morgan fingerprint density at radius 2 is 1.84 bits per heavy atom.